The summed E-state index contributed by atoms with van der Waals surface area (Å²) in [4.78, 5) is 15.6. The van der Waals surface area contributed by atoms with Gasteiger partial charge in [-0.15, -0.1) is 0 Å². The van der Waals surface area contributed by atoms with Crippen molar-refractivity contribution in [2.24, 2.45) is 0 Å². The van der Waals surface area contributed by atoms with Crippen LogP contribution in [-0.2, 0) is 4.74 Å². The second kappa shape index (κ2) is 7.48. The van der Waals surface area contributed by atoms with Crippen LogP contribution in [0.2, 0.25) is 0 Å². The molecule has 1 aromatic rings. The Bertz CT molecular complexity index is 517. The zero-order chi connectivity index (χ0) is 15.9. The molecule has 1 rings (SSSR count). The summed E-state index contributed by atoms with van der Waals surface area (Å²) in [6.07, 6.45) is 3.48. The normalized spacial score (nSPS) is 12.1. The lowest BCUT2D eigenvalue weighted by Crippen LogP contribution is -2.38. The second-order valence-corrected chi connectivity index (χ2v) is 5.80. The molecule has 0 aromatic carbocycles. The highest BCUT2D eigenvalue weighted by molar-refractivity contribution is 5.68. The molecule has 6 nitrogen and oxygen atoms in total. The summed E-state index contributed by atoms with van der Waals surface area (Å²) in [6, 6.07) is 3.72. The Balaban J connectivity index is 2.36. The lowest BCUT2D eigenvalue weighted by Gasteiger charge is -2.22. The lowest BCUT2D eigenvalue weighted by atomic mass is 10.2. The van der Waals surface area contributed by atoms with Crippen LogP contribution in [0, 0.1) is 11.3 Å². The molecule has 6 heteroatoms. The number of aromatic nitrogens is 1. The van der Waals surface area contributed by atoms with Crippen LogP contribution in [0.25, 0.3) is 0 Å². The van der Waals surface area contributed by atoms with Gasteiger partial charge in [0.05, 0.1) is 17.4 Å². The van der Waals surface area contributed by atoms with Crippen LogP contribution in [0.1, 0.15) is 39.7 Å². The molecular formula is C15H22N4O2. The molecule has 0 aliphatic heterocycles. The van der Waals surface area contributed by atoms with Crippen molar-refractivity contribution < 1.29 is 9.53 Å². The molecule has 0 fully saturated rings. The predicted molar refractivity (Wildman–Crippen MR) is 80.9 cm³/mol. The van der Waals surface area contributed by atoms with Crippen molar-refractivity contribution in [3.8, 4) is 6.07 Å². The number of ether oxygens (including phenoxy) is 1. The maximum atomic E-state index is 11.6. The Morgan fingerprint density at radius 2 is 2.24 bits per heavy atom. The molecule has 1 heterocycles. The minimum Gasteiger partial charge on any atom is -0.444 e. The molecule has 2 N–H and O–H groups in total. The zero-order valence-corrected chi connectivity index (χ0v) is 12.9. The summed E-state index contributed by atoms with van der Waals surface area (Å²) in [5.74, 6) is 0. The Morgan fingerprint density at radius 3 is 2.86 bits per heavy atom. The Labute approximate surface area is 125 Å². The molecule has 1 aromatic heterocycles. The summed E-state index contributed by atoms with van der Waals surface area (Å²) >= 11 is 0. The van der Waals surface area contributed by atoms with E-state index in [-0.39, 0.29) is 6.04 Å². The van der Waals surface area contributed by atoms with Gasteiger partial charge in [-0.1, -0.05) is 0 Å². The minimum atomic E-state index is -0.501. The van der Waals surface area contributed by atoms with Gasteiger partial charge in [0.25, 0.3) is 0 Å². The van der Waals surface area contributed by atoms with E-state index >= 15 is 0 Å². The molecule has 1 atom stereocenters. The molecule has 0 aliphatic carbocycles. The zero-order valence-electron chi connectivity index (χ0n) is 12.9. The van der Waals surface area contributed by atoms with E-state index in [0.29, 0.717) is 24.2 Å². The quantitative estimate of drug-likeness (QED) is 0.870. The first-order valence-electron chi connectivity index (χ1n) is 6.89. The minimum absolute atomic E-state index is 0.0328. The maximum absolute atomic E-state index is 11.6. The third kappa shape index (κ3) is 6.61. The van der Waals surface area contributed by atoms with Gasteiger partial charge >= 0.3 is 6.09 Å². The number of nitriles is 1. The number of alkyl carbamates (subject to hydrolysis) is 1. The third-order valence-electron chi connectivity index (χ3n) is 2.60. The van der Waals surface area contributed by atoms with Crippen LogP contribution in [0.4, 0.5) is 10.5 Å². The van der Waals surface area contributed by atoms with Crippen LogP contribution in [-0.4, -0.2) is 29.3 Å². The van der Waals surface area contributed by atoms with E-state index in [2.05, 4.69) is 21.7 Å². The van der Waals surface area contributed by atoms with Gasteiger partial charge < -0.3 is 15.4 Å². The molecule has 1 amide bonds. The summed E-state index contributed by atoms with van der Waals surface area (Å²) in [7, 11) is 0. The smallest absolute Gasteiger partial charge is 0.407 e. The SMILES string of the molecule is CC(CCNc1cnccc1C#N)NC(=O)OC(C)(C)C. The summed E-state index contributed by atoms with van der Waals surface area (Å²) < 4.78 is 5.19. The number of hydrogen-bond acceptors (Lipinski definition) is 5. The Morgan fingerprint density at radius 1 is 1.52 bits per heavy atom. The van der Waals surface area contributed by atoms with E-state index in [9.17, 15) is 4.79 Å². The second-order valence-electron chi connectivity index (χ2n) is 5.80. The first kappa shape index (κ1) is 16.8. The van der Waals surface area contributed by atoms with E-state index < -0.39 is 11.7 Å². The molecular weight excluding hydrogens is 268 g/mol. The first-order chi connectivity index (χ1) is 9.81. The molecule has 0 aliphatic rings. The highest BCUT2D eigenvalue weighted by atomic mass is 16.6. The highest BCUT2D eigenvalue weighted by Crippen LogP contribution is 2.12. The topological polar surface area (TPSA) is 87.0 Å². The van der Waals surface area contributed by atoms with Gasteiger partial charge in [-0.3, -0.25) is 4.98 Å². The van der Waals surface area contributed by atoms with Crippen molar-refractivity contribution in [3.05, 3.63) is 24.0 Å². The Hall–Kier alpha value is -2.29. The molecule has 21 heavy (non-hydrogen) atoms. The Kier molecular flexibility index (Phi) is 5.97. The number of rotatable bonds is 5. The molecule has 114 valence electrons. The summed E-state index contributed by atoms with van der Waals surface area (Å²) in [5, 5.41) is 14.9. The third-order valence-corrected chi connectivity index (χ3v) is 2.60. The lowest BCUT2D eigenvalue weighted by molar-refractivity contribution is 0.0507. The fourth-order valence-electron chi connectivity index (χ4n) is 1.64. The van der Waals surface area contributed by atoms with Crippen LogP contribution in [0.3, 0.4) is 0 Å². The van der Waals surface area contributed by atoms with E-state index in [1.54, 1.807) is 18.5 Å². The van der Waals surface area contributed by atoms with Gasteiger partial charge in [0.2, 0.25) is 0 Å². The van der Waals surface area contributed by atoms with Gasteiger partial charge in [0.1, 0.15) is 11.7 Å². The first-order valence-corrected chi connectivity index (χ1v) is 6.89. The van der Waals surface area contributed by atoms with E-state index in [0.717, 1.165) is 0 Å². The van der Waals surface area contributed by atoms with Crippen LogP contribution >= 0.6 is 0 Å². The van der Waals surface area contributed by atoms with Crippen LogP contribution < -0.4 is 10.6 Å². The number of pyridine rings is 1. The van der Waals surface area contributed by atoms with Crippen LogP contribution in [0.5, 0.6) is 0 Å². The van der Waals surface area contributed by atoms with Gasteiger partial charge in [-0.2, -0.15) is 5.26 Å². The van der Waals surface area contributed by atoms with Crippen molar-refractivity contribution in [2.45, 2.75) is 45.8 Å². The van der Waals surface area contributed by atoms with Crippen molar-refractivity contribution in [1.29, 1.82) is 5.26 Å². The van der Waals surface area contributed by atoms with Crippen molar-refractivity contribution >= 4 is 11.8 Å². The highest BCUT2D eigenvalue weighted by Gasteiger charge is 2.17. The van der Waals surface area contributed by atoms with Gasteiger partial charge in [0.15, 0.2) is 0 Å². The standard InChI is InChI=1S/C15H22N4O2/c1-11(19-14(20)21-15(2,3)4)5-8-18-13-10-17-7-6-12(13)9-16/h6-7,10-11,18H,5,8H2,1-4H3,(H,19,20). The number of hydrogen-bond donors (Lipinski definition) is 2. The monoisotopic (exact) mass is 290 g/mol. The average molecular weight is 290 g/mol. The van der Waals surface area contributed by atoms with Crippen molar-refractivity contribution in [1.82, 2.24) is 10.3 Å². The average Bonchev–Trinajstić information content (AvgIpc) is 2.36. The molecule has 0 saturated heterocycles. The summed E-state index contributed by atoms with van der Waals surface area (Å²) in [6.45, 7) is 8.00. The van der Waals surface area contributed by atoms with E-state index in [1.165, 1.54) is 0 Å². The largest absolute Gasteiger partial charge is 0.444 e. The summed E-state index contributed by atoms with van der Waals surface area (Å²) in [5.41, 5.74) is 0.752. The molecule has 1 unspecified atom stereocenters. The van der Waals surface area contributed by atoms with Gasteiger partial charge in [-0.05, 0) is 40.2 Å². The number of nitrogens with one attached hydrogen (secondary N) is 2. The number of amides is 1. The molecule has 0 saturated carbocycles. The number of nitrogens with zero attached hydrogens (tertiary/aromatic N) is 2. The number of carbonyl (C=O) groups is 1. The maximum Gasteiger partial charge on any atom is 0.407 e. The van der Waals surface area contributed by atoms with Crippen molar-refractivity contribution in [2.75, 3.05) is 11.9 Å². The molecule has 0 spiro atoms. The fourth-order valence-corrected chi connectivity index (χ4v) is 1.64. The van der Waals surface area contributed by atoms with E-state index in [1.807, 2.05) is 27.7 Å². The molecule has 0 radical (unpaired) electrons. The molecule has 0 bridgehead atoms. The number of anilines is 1. The van der Waals surface area contributed by atoms with Crippen molar-refractivity contribution in [3.63, 3.8) is 0 Å². The predicted octanol–water partition coefficient (Wildman–Crippen LogP) is 2.67. The van der Waals surface area contributed by atoms with E-state index in [4.69, 9.17) is 10.00 Å². The van der Waals surface area contributed by atoms with Gasteiger partial charge in [-0.25, -0.2) is 4.79 Å². The fraction of sp³-hybridized carbons (Fsp3) is 0.533. The van der Waals surface area contributed by atoms with Gasteiger partial charge in [0, 0.05) is 18.8 Å². The number of carbonyl (C=O) groups excluding carboxylic acids is 1. The van der Waals surface area contributed by atoms with Crippen LogP contribution in [0.15, 0.2) is 18.5 Å².